The summed E-state index contributed by atoms with van der Waals surface area (Å²) >= 11 is 3.06. The molecular weight excluding hydrogens is 277 g/mol. The van der Waals surface area contributed by atoms with Crippen molar-refractivity contribution in [2.45, 2.75) is 13.3 Å². The van der Waals surface area contributed by atoms with Crippen molar-refractivity contribution in [3.63, 3.8) is 0 Å². The summed E-state index contributed by atoms with van der Waals surface area (Å²) < 4.78 is 45.0. The van der Waals surface area contributed by atoms with E-state index >= 15 is 0 Å². The Morgan fingerprint density at radius 2 is 1.80 bits per heavy atom. The largest absolute Gasteiger partial charge is 0.573 e. The average molecular weight is 285 g/mol. The Kier molecular flexibility index (Phi) is 3.84. The van der Waals surface area contributed by atoms with E-state index < -0.39 is 6.36 Å². The van der Waals surface area contributed by atoms with Gasteiger partial charge in [-0.2, -0.15) is 0 Å². The van der Waals surface area contributed by atoms with Gasteiger partial charge in [0.15, 0.2) is 0 Å². The molecule has 0 unspecified atom stereocenters. The fraction of sp³-hybridized carbons (Fsp3) is 0.333. The topological polar surface area (TPSA) is 18.5 Å². The second-order valence-electron chi connectivity index (χ2n) is 2.60. The van der Waals surface area contributed by atoms with Crippen molar-refractivity contribution < 1.29 is 22.6 Å². The molecule has 15 heavy (non-hydrogen) atoms. The summed E-state index contributed by atoms with van der Waals surface area (Å²) in [7, 11) is 0. The van der Waals surface area contributed by atoms with Crippen molar-refractivity contribution >= 4 is 15.9 Å². The van der Waals surface area contributed by atoms with E-state index in [1.54, 1.807) is 13.0 Å². The fourth-order valence-corrected chi connectivity index (χ4v) is 1.43. The van der Waals surface area contributed by atoms with Crippen molar-refractivity contribution in [3.05, 3.63) is 22.7 Å². The third-order valence-corrected chi connectivity index (χ3v) is 1.85. The van der Waals surface area contributed by atoms with Gasteiger partial charge >= 0.3 is 6.36 Å². The molecule has 84 valence electrons. The third-order valence-electron chi connectivity index (χ3n) is 1.39. The molecule has 0 saturated heterocycles. The molecule has 0 spiro atoms. The van der Waals surface area contributed by atoms with E-state index in [0.29, 0.717) is 16.8 Å². The Bertz CT molecular complexity index is 339. The van der Waals surface area contributed by atoms with Crippen LogP contribution in [0.5, 0.6) is 11.5 Å². The Morgan fingerprint density at radius 1 is 1.20 bits per heavy atom. The van der Waals surface area contributed by atoms with Crippen molar-refractivity contribution in [2.24, 2.45) is 0 Å². The van der Waals surface area contributed by atoms with Gasteiger partial charge in [-0.1, -0.05) is 15.9 Å². The highest BCUT2D eigenvalue weighted by Crippen LogP contribution is 2.30. The summed E-state index contributed by atoms with van der Waals surface area (Å²) in [5, 5.41) is 0. The van der Waals surface area contributed by atoms with E-state index in [2.05, 4.69) is 20.7 Å². The molecule has 0 radical (unpaired) electrons. The molecule has 6 heteroatoms. The standard InChI is InChI=1S/C9H8BrF3O2/c1-2-14-7-3-6(10)4-8(5-7)15-9(11,12)13/h3-5H,2H2,1H3. The summed E-state index contributed by atoms with van der Waals surface area (Å²) in [6, 6.07) is 3.96. The summed E-state index contributed by atoms with van der Waals surface area (Å²) in [5.74, 6) is 0.0199. The smallest absolute Gasteiger partial charge is 0.494 e. The van der Waals surface area contributed by atoms with Gasteiger partial charge in [0, 0.05) is 10.5 Å². The highest BCUT2D eigenvalue weighted by atomic mass is 79.9. The maximum atomic E-state index is 11.9. The highest BCUT2D eigenvalue weighted by Gasteiger charge is 2.31. The molecule has 1 rings (SSSR count). The van der Waals surface area contributed by atoms with Crippen molar-refractivity contribution in [2.75, 3.05) is 6.61 Å². The van der Waals surface area contributed by atoms with Crippen LogP contribution >= 0.6 is 15.9 Å². The van der Waals surface area contributed by atoms with E-state index in [9.17, 15) is 13.2 Å². The number of alkyl halides is 3. The molecule has 0 bridgehead atoms. The first-order chi connectivity index (χ1) is 6.90. The molecule has 2 nitrogen and oxygen atoms in total. The van der Waals surface area contributed by atoms with E-state index in [0.717, 1.165) is 0 Å². The lowest BCUT2D eigenvalue weighted by molar-refractivity contribution is -0.274. The molecule has 0 aliphatic carbocycles. The molecule has 0 fully saturated rings. The Morgan fingerprint density at radius 3 is 2.33 bits per heavy atom. The van der Waals surface area contributed by atoms with Crippen LogP contribution in [0.4, 0.5) is 13.2 Å². The predicted molar refractivity (Wildman–Crippen MR) is 52.0 cm³/mol. The van der Waals surface area contributed by atoms with Crippen LogP contribution in [-0.2, 0) is 0 Å². The van der Waals surface area contributed by atoms with Gasteiger partial charge in [0.05, 0.1) is 6.61 Å². The zero-order valence-electron chi connectivity index (χ0n) is 7.77. The average Bonchev–Trinajstić information content (AvgIpc) is 1.99. The fourth-order valence-electron chi connectivity index (χ4n) is 0.980. The second kappa shape index (κ2) is 4.74. The Hall–Kier alpha value is -0.910. The summed E-state index contributed by atoms with van der Waals surface area (Å²) in [6.45, 7) is 2.12. The van der Waals surface area contributed by atoms with Gasteiger partial charge in [0.2, 0.25) is 0 Å². The van der Waals surface area contributed by atoms with Crippen LogP contribution in [0.15, 0.2) is 22.7 Å². The number of halogens is 4. The normalized spacial score (nSPS) is 11.3. The molecule has 0 N–H and O–H groups in total. The summed E-state index contributed by atoms with van der Waals surface area (Å²) in [4.78, 5) is 0. The first-order valence-electron chi connectivity index (χ1n) is 4.10. The van der Waals surface area contributed by atoms with Crippen molar-refractivity contribution in [1.82, 2.24) is 0 Å². The van der Waals surface area contributed by atoms with Crippen LogP contribution < -0.4 is 9.47 Å². The van der Waals surface area contributed by atoms with Gasteiger partial charge < -0.3 is 9.47 Å². The minimum Gasteiger partial charge on any atom is -0.494 e. The summed E-state index contributed by atoms with van der Waals surface area (Å²) in [6.07, 6.45) is -4.69. The van der Waals surface area contributed by atoms with E-state index in [-0.39, 0.29) is 5.75 Å². The van der Waals surface area contributed by atoms with Crippen LogP contribution in [0.1, 0.15) is 6.92 Å². The molecule has 1 aromatic rings. The number of benzene rings is 1. The second-order valence-corrected chi connectivity index (χ2v) is 3.52. The Labute approximate surface area is 93.1 Å². The first kappa shape index (κ1) is 12.2. The minimum absolute atomic E-state index is 0.305. The molecule has 0 aliphatic heterocycles. The van der Waals surface area contributed by atoms with Gasteiger partial charge in [-0.15, -0.1) is 13.2 Å². The molecule has 1 aromatic carbocycles. The molecule has 0 heterocycles. The van der Waals surface area contributed by atoms with Crippen LogP contribution in [0.2, 0.25) is 0 Å². The highest BCUT2D eigenvalue weighted by molar-refractivity contribution is 9.10. The monoisotopic (exact) mass is 284 g/mol. The molecule has 0 saturated carbocycles. The lowest BCUT2D eigenvalue weighted by atomic mass is 10.3. The molecule has 0 aliphatic rings. The third kappa shape index (κ3) is 4.42. The number of rotatable bonds is 3. The molecule has 0 amide bonds. The maximum Gasteiger partial charge on any atom is 0.573 e. The number of hydrogen-bond acceptors (Lipinski definition) is 2. The van der Waals surface area contributed by atoms with Crippen LogP contribution in [0, 0.1) is 0 Å². The zero-order valence-corrected chi connectivity index (χ0v) is 9.35. The van der Waals surface area contributed by atoms with Crippen LogP contribution in [0.25, 0.3) is 0 Å². The lowest BCUT2D eigenvalue weighted by Gasteiger charge is -2.11. The van der Waals surface area contributed by atoms with Crippen molar-refractivity contribution in [3.8, 4) is 11.5 Å². The quantitative estimate of drug-likeness (QED) is 0.842. The van der Waals surface area contributed by atoms with Crippen LogP contribution in [0.3, 0.4) is 0 Å². The minimum atomic E-state index is -4.69. The van der Waals surface area contributed by atoms with Gasteiger partial charge in [-0.25, -0.2) is 0 Å². The van der Waals surface area contributed by atoms with E-state index in [1.165, 1.54) is 12.1 Å². The van der Waals surface area contributed by atoms with Gasteiger partial charge in [0.25, 0.3) is 0 Å². The first-order valence-corrected chi connectivity index (χ1v) is 4.89. The lowest BCUT2D eigenvalue weighted by Crippen LogP contribution is -2.17. The summed E-state index contributed by atoms with van der Waals surface area (Å²) in [5.41, 5.74) is 0. The zero-order chi connectivity index (χ0) is 11.5. The SMILES string of the molecule is CCOc1cc(Br)cc(OC(F)(F)F)c1. The van der Waals surface area contributed by atoms with E-state index in [1.807, 2.05) is 0 Å². The maximum absolute atomic E-state index is 11.9. The van der Waals surface area contributed by atoms with E-state index in [4.69, 9.17) is 4.74 Å². The molecule has 0 atom stereocenters. The van der Waals surface area contributed by atoms with Crippen LogP contribution in [-0.4, -0.2) is 13.0 Å². The number of hydrogen-bond donors (Lipinski definition) is 0. The number of ether oxygens (including phenoxy) is 2. The molecule has 0 aromatic heterocycles. The van der Waals surface area contributed by atoms with Gasteiger partial charge in [0.1, 0.15) is 11.5 Å². The van der Waals surface area contributed by atoms with Crippen molar-refractivity contribution in [1.29, 1.82) is 0 Å². The van der Waals surface area contributed by atoms with Gasteiger partial charge in [-0.3, -0.25) is 0 Å². The van der Waals surface area contributed by atoms with Gasteiger partial charge in [-0.05, 0) is 19.1 Å². The molecular formula is C9H8BrF3O2. The predicted octanol–water partition coefficient (Wildman–Crippen LogP) is 3.75. The Balaban J connectivity index is 2.88.